The van der Waals surface area contributed by atoms with Crippen LogP contribution in [0.5, 0.6) is 5.75 Å². The number of phenolic OH excluding ortho intramolecular Hbond substituents is 1. The summed E-state index contributed by atoms with van der Waals surface area (Å²) < 4.78 is 5.54. The molecule has 0 atom stereocenters. The molecule has 1 aliphatic carbocycles. The fourth-order valence-electron chi connectivity index (χ4n) is 2.61. The minimum absolute atomic E-state index is 0.0554. The quantitative estimate of drug-likeness (QED) is 0.655. The molecule has 0 unspecified atom stereocenters. The molecule has 0 amide bonds. The van der Waals surface area contributed by atoms with E-state index in [-0.39, 0.29) is 34.5 Å². The van der Waals surface area contributed by atoms with Gasteiger partial charge in [-0.2, -0.15) is 0 Å². The summed E-state index contributed by atoms with van der Waals surface area (Å²) in [5.41, 5.74) is 0.823. The zero-order valence-corrected chi connectivity index (χ0v) is 10.3. The number of carbonyl (C=O) groups is 1. The first-order valence-electron chi connectivity index (χ1n) is 6.16. The second-order valence-corrected chi connectivity index (χ2v) is 4.76. The van der Waals surface area contributed by atoms with Crippen LogP contribution in [0.25, 0.3) is 28.1 Å². The Morgan fingerprint density at radius 2 is 2.10 bits per heavy atom. The average molecular weight is 267 g/mol. The molecule has 0 aliphatic heterocycles. The Bertz CT molecular complexity index is 975. The van der Waals surface area contributed by atoms with Crippen molar-refractivity contribution in [3.63, 3.8) is 0 Å². The van der Waals surface area contributed by atoms with Crippen LogP contribution in [0, 0.1) is 0 Å². The van der Waals surface area contributed by atoms with Crippen LogP contribution in [-0.2, 0) is 0 Å². The largest absolute Gasteiger partial charge is 0.508 e. The van der Waals surface area contributed by atoms with Gasteiger partial charge in [-0.3, -0.25) is 9.59 Å². The molecule has 20 heavy (non-hydrogen) atoms. The lowest BCUT2D eigenvalue weighted by Crippen LogP contribution is -2.09. The molecule has 5 heteroatoms. The molecule has 0 fully saturated rings. The van der Waals surface area contributed by atoms with Crippen LogP contribution < -0.4 is 5.43 Å². The normalized spacial score (nSPS) is 14.1. The predicted molar refractivity (Wildman–Crippen MR) is 74.0 cm³/mol. The van der Waals surface area contributed by atoms with E-state index >= 15 is 0 Å². The van der Waals surface area contributed by atoms with Crippen LogP contribution in [0.3, 0.4) is 0 Å². The summed E-state index contributed by atoms with van der Waals surface area (Å²) in [6.07, 6.45) is 3.68. The highest BCUT2D eigenvalue weighted by Gasteiger charge is 2.24. The molecule has 0 saturated heterocycles. The van der Waals surface area contributed by atoms with Gasteiger partial charge in [-0.25, -0.2) is 0 Å². The summed E-state index contributed by atoms with van der Waals surface area (Å²) in [6, 6.07) is 4.43. The lowest BCUT2D eigenvalue weighted by atomic mass is 9.99. The van der Waals surface area contributed by atoms with Gasteiger partial charge in [0.15, 0.2) is 5.78 Å². The summed E-state index contributed by atoms with van der Waals surface area (Å²) >= 11 is 0. The van der Waals surface area contributed by atoms with Gasteiger partial charge in [0, 0.05) is 17.9 Å². The van der Waals surface area contributed by atoms with Gasteiger partial charge in [0.1, 0.15) is 11.5 Å². The minimum Gasteiger partial charge on any atom is -0.508 e. The predicted octanol–water partition coefficient (Wildman–Crippen LogP) is 2.58. The summed E-state index contributed by atoms with van der Waals surface area (Å²) in [5.74, 6) is 0.341. The number of aromatic amines is 1. The number of hydrogen-bond acceptors (Lipinski definition) is 4. The number of rotatable bonds is 0. The molecule has 2 N–H and O–H groups in total. The van der Waals surface area contributed by atoms with Crippen molar-refractivity contribution in [3.05, 3.63) is 45.8 Å². The zero-order valence-electron chi connectivity index (χ0n) is 10.3. The van der Waals surface area contributed by atoms with Gasteiger partial charge < -0.3 is 14.5 Å². The maximum Gasteiger partial charge on any atom is 0.210 e. The van der Waals surface area contributed by atoms with E-state index in [0.29, 0.717) is 22.2 Å². The van der Waals surface area contributed by atoms with Crippen molar-refractivity contribution in [2.24, 2.45) is 0 Å². The monoisotopic (exact) mass is 267 g/mol. The lowest BCUT2D eigenvalue weighted by Gasteiger charge is -2.02. The fraction of sp³-hybridized carbons (Fsp3) is 0.0667. The SMILES string of the molecule is O=C1CC=Cc2oc3[nH]c4cc(O)ccc4c(=O)c3c21. The standard InChI is InChI=1S/C15H9NO4/c17-7-4-5-8-9(6-7)16-15-13(14(8)19)12-10(18)2-1-3-11(12)20-15/h1,3-6,17H,2H2,(H,16,19). The number of fused-ring (bicyclic) bond motifs is 4. The van der Waals surface area contributed by atoms with Gasteiger partial charge in [0.25, 0.3) is 0 Å². The molecule has 0 bridgehead atoms. The molecule has 1 aromatic carbocycles. The minimum atomic E-state index is -0.262. The second-order valence-electron chi connectivity index (χ2n) is 4.76. The number of H-pyrrole nitrogens is 1. The molecule has 3 aromatic rings. The van der Waals surface area contributed by atoms with Crippen LogP contribution in [0.1, 0.15) is 22.5 Å². The van der Waals surface area contributed by atoms with Gasteiger partial charge >= 0.3 is 0 Å². The number of carbonyl (C=O) groups excluding carboxylic acids is 1. The number of allylic oxidation sites excluding steroid dienone is 1. The van der Waals surface area contributed by atoms with Crippen molar-refractivity contribution in [1.82, 2.24) is 4.98 Å². The molecule has 1 aliphatic rings. The van der Waals surface area contributed by atoms with E-state index in [1.807, 2.05) is 0 Å². The van der Waals surface area contributed by atoms with Crippen molar-refractivity contribution < 1.29 is 14.3 Å². The first-order valence-corrected chi connectivity index (χ1v) is 6.16. The maximum absolute atomic E-state index is 12.5. The fourth-order valence-corrected chi connectivity index (χ4v) is 2.61. The van der Waals surface area contributed by atoms with Crippen molar-refractivity contribution in [3.8, 4) is 5.75 Å². The topological polar surface area (TPSA) is 83.3 Å². The average Bonchev–Trinajstić information content (AvgIpc) is 2.78. The number of furan rings is 1. The number of aromatic nitrogens is 1. The van der Waals surface area contributed by atoms with Crippen molar-refractivity contribution in [2.75, 3.05) is 0 Å². The highest BCUT2D eigenvalue weighted by molar-refractivity contribution is 6.12. The third-order valence-corrected chi connectivity index (χ3v) is 3.51. The number of pyridine rings is 1. The Morgan fingerprint density at radius 1 is 1.25 bits per heavy atom. The Balaban J connectivity index is 2.25. The number of aromatic hydroxyl groups is 1. The highest BCUT2D eigenvalue weighted by atomic mass is 16.3. The summed E-state index contributed by atoms with van der Waals surface area (Å²) in [7, 11) is 0. The van der Waals surface area contributed by atoms with E-state index in [0.717, 1.165) is 0 Å². The van der Waals surface area contributed by atoms with Gasteiger partial charge in [0.05, 0.1) is 16.5 Å². The molecule has 5 nitrogen and oxygen atoms in total. The van der Waals surface area contributed by atoms with Crippen molar-refractivity contribution >= 4 is 33.9 Å². The first kappa shape index (κ1) is 11.0. The summed E-state index contributed by atoms with van der Waals surface area (Å²) in [4.78, 5) is 27.5. The number of hydrogen-bond donors (Lipinski definition) is 2. The van der Waals surface area contributed by atoms with E-state index in [4.69, 9.17) is 4.42 Å². The van der Waals surface area contributed by atoms with E-state index in [1.165, 1.54) is 18.2 Å². The molecule has 4 rings (SSSR count). The number of benzene rings is 1. The molecule has 98 valence electrons. The number of Topliss-reactive ketones (excluding diaryl/α,β-unsaturated/α-hetero) is 1. The van der Waals surface area contributed by atoms with E-state index in [1.54, 1.807) is 12.2 Å². The van der Waals surface area contributed by atoms with Crippen LogP contribution in [0.2, 0.25) is 0 Å². The van der Waals surface area contributed by atoms with Gasteiger partial charge in [-0.1, -0.05) is 6.08 Å². The molecule has 0 saturated carbocycles. The molecule has 0 radical (unpaired) electrons. The van der Waals surface area contributed by atoms with Crippen molar-refractivity contribution in [1.29, 1.82) is 0 Å². The number of ketones is 1. The second kappa shape index (κ2) is 3.60. The van der Waals surface area contributed by atoms with E-state index < -0.39 is 0 Å². The van der Waals surface area contributed by atoms with Gasteiger partial charge in [0.2, 0.25) is 11.1 Å². The first-order chi connectivity index (χ1) is 9.65. The Hall–Kier alpha value is -2.82. The Kier molecular flexibility index (Phi) is 1.99. The van der Waals surface area contributed by atoms with E-state index in [9.17, 15) is 14.7 Å². The Labute approximate surface area is 112 Å². The van der Waals surface area contributed by atoms with Crippen LogP contribution in [0.15, 0.2) is 33.5 Å². The summed E-state index contributed by atoms with van der Waals surface area (Å²) in [5, 5.41) is 10.2. The van der Waals surface area contributed by atoms with Gasteiger partial charge in [-0.05, 0) is 18.2 Å². The molecule has 0 spiro atoms. The molecular weight excluding hydrogens is 258 g/mol. The van der Waals surface area contributed by atoms with Crippen molar-refractivity contribution in [2.45, 2.75) is 6.42 Å². The zero-order chi connectivity index (χ0) is 13.9. The highest BCUT2D eigenvalue weighted by Crippen LogP contribution is 2.29. The smallest absolute Gasteiger partial charge is 0.210 e. The number of phenols is 1. The maximum atomic E-state index is 12.5. The molecule has 2 heterocycles. The number of nitrogens with one attached hydrogen (secondary N) is 1. The van der Waals surface area contributed by atoms with E-state index in [2.05, 4.69) is 4.98 Å². The summed E-state index contributed by atoms with van der Waals surface area (Å²) in [6.45, 7) is 0. The van der Waals surface area contributed by atoms with Crippen LogP contribution >= 0.6 is 0 Å². The lowest BCUT2D eigenvalue weighted by molar-refractivity contribution is 0.0995. The third-order valence-electron chi connectivity index (χ3n) is 3.51. The Morgan fingerprint density at radius 3 is 2.95 bits per heavy atom. The van der Waals surface area contributed by atoms with Gasteiger partial charge in [-0.15, -0.1) is 0 Å². The molecular formula is C15H9NO4. The third kappa shape index (κ3) is 1.31. The van der Waals surface area contributed by atoms with Crippen LogP contribution in [0.4, 0.5) is 0 Å². The molecule has 2 aromatic heterocycles. The van der Waals surface area contributed by atoms with Crippen LogP contribution in [-0.4, -0.2) is 15.9 Å².